The molecule has 2 nitrogen and oxygen atoms in total. The lowest BCUT2D eigenvalue weighted by atomic mass is 9.76. The number of aliphatic hydroxyl groups excluding tert-OH is 2. The second-order valence-corrected chi connectivity index (χ2v) is 3.88. The van der Waals surface area contributed by atoms with E-state index in [0.717, 1.165) is 12.8 Å². The van der Waals surface area contributed by atoms with Crippen molar-refractivity contribution in [1.82, 2.24) is 0 Å². The van der Waals surface area contributed by atoms with E-state index in [-0.39, 0.29) is 18.6 Å². The van der Waals surface area contributed by atoms with Crippen LogP contribution in [0.25, 0.3) is 0 Å². The second kappa shape index (κ2) is 4.73. The van der Waals surface area contributed by atoms with Gasteiger partial charge in [-0.15, -0.1) is 0 Å². The van der Waals surface area contributed by atoms with Crippen molar-refractivity contribution in [2.75, 3.05) is 13.2 Å². The van der Waals surface area contributed by atoms with Crippen LogP contribution in [0.15, 0.2) is 0 Å². The molecular formula is C9H20O2. The van der Waals surface area contributed by atoms with Crippen molar-refractivity contribution in [3.8, 4) is 0 Å². The molecule has 68 valence electrons. The first-order chi connectivity index (χ1) is 5.04. The number of hydrogen-bond donors (Lipinski definition) is 2. The van der Waals surface area contributed by atoms with Gasteiger partial charge in [0.1, 0.15) is 0 Å². The van der Waals surface area contributed by atoms with E-state index in [2.05, 4.69) is 20.8 Å². The summed E-state index contributed by atoms with van der Waals surface area (Å²) in [5.74, 6) is 0.472. The maximum Gasteiger partial charge on any atom is 0.0436 e. The van der Waals surface area contributed by atoms with Gasteiger partial charge in [-0.05, 0) is 24.2 Å². The molecule has 0 heterocycles. The van der Waals surface area contributed by atoms with Crippen LogP contribution in [0.1, 0.15) is 33.6 Å². The van der Waals surface area contributed by atoms with Crippen molar-refractivity contribution >= 4 is 0 Å². The lowest BCUT2D eigenvalue weighted by molar-refractivity contribution is 0.129. The van der Waals surface area contributed by atoms with Crippen LogP contribution in [-0.2, 0) is 0 Å². The molecule has 0 spiro atoms. The molecular weight excluding hydrogens is 140 g/mol. The van der Waals surface area contributed by atoms with Crippen molar-refractivity contribution in [2.24, 2.45) is 11.3 Å². The first-order valence-corrected chi connectivity index (χ1v) is 4.26. The molecule has 0 aliphatic carbocycles. The van der Waals surface area contributed by atoms with Crippen molar-refractivity contribution in [2.45, 2.75) is 33.6 Å². The summed E-state index contributed by atoms with van der Waals surface area (Å²) in [6, 6.07) is 0. The normalized spacial score (nSPS) is 15.0. The minimum Gasteiger partial charge on any atom is -0.396 e. The van der Waals surface area contributed by atoms with E-state index < -0.39 is 0 Å². The van der Waals surface area contributed by atoms with Crippen molar-refractivity contribution in [3.05, 3.63) is 0 Å². The average Bonchev–Trinajstić information content (AvgIpc) is 1.88. The van der Waals surface area contributed by atoms with Gasteiger partial charge >= 0.3 is 0 Å². The Hall–Kier alpha value is -0.0800. The van der Waals surface area contributed by atoms with E-state index in [4.69, 9.17) is 10.2 Å². The molecule has 2 N–H and O–H groups in total. The highest BCUT2D eigenvalue weighted by atomic mass is 16.3. The molecule has 0 aromatic heterocycles. The molecule has 0 rings (SSSR count). The van der Waals surface area contributed by atoms with E-state index >= 15 is 0 Å². The van der Waals surface area contributed by atoms with Gasteiger partial charge in [-0.1, -0.05) is 20.8 Å². The fourth-order valence-corrected chi connectivity index (χ4v) is 1.12. The second-order valence-electron chi connectivity index (χ2n) is 3.88. The topological polar surface area (TPSA) is 40.5 Å². The highest BCUT2D eigenvalue weighted by Gasteiger charge is 2.24. The minimum absolute atomic E-state index is 0.150. The van der Waals surface area contributed by atoms with E-state index in [1.807, 2.05) is 0 Å². The molecule has 0 aliphatic heterocycles. The quantitative estimate of drug-likeness (QED) is 0.638. The summed E-state index contributed by atoms with van der Waals surface area (Å²) in [5.41, 5.74) is 0.150. The van der Waals surface area contributed by atoms with Crippen molar-refractivity contribution in [1.29, 1.82) is 0 Å². The van der Waals surface area contributed by atoms with Crippen LogP contribution < -0.4 is 0 Å². The molecule has 0 amide bonds. The molecule has 0 bridgehead atoms. The fraction of sp³-hybridized carbons (Fsp3) is 1.00. The fourth-order valence-electron chi connectivity index (χ4n) is 1.12. The predicted molar refractivity (Wildman–Crippen MR) is 46.4 cm³/mol. The zero-order valence-electron chi connectivity index (χ0n) is 7.80. The Labute approximate surface area is 69.2 Å². The molecule has 1 atom stereocenters. The molecule has 0 aromatic carbocycles. The average molecular weight is 160 g/mol. The van der Waals surface area contributed by atoms with E-state index in [0.29, 0.717) is 5.92 Å². The van der Waals surface area contributed by atoms with E-state index in [9.17, 15) is 0 Å². The van der Waals surface area contributed by atoms with Crippen LogP contribution in [-0.4, -0.2) is 23.4 Å². The smallest absolute Gasteiger partial charge is 0.0436 e. The maximum atomic E-state index is 8.76. The Bertz CT molecular complexity index is 99.7. The van der Waals surface area contributed by atoms with Crippen LogP contribution in [0.4, 0.5) is 0 Å². The standard InChI is InChI=1S/C9H20O2/c1-8(4-6-10)9(2,3)5-7-11/h8,10-11H,4-7H2,1-3H3. The molecule has 0 radical (unpaired) electrons. The van der Waals surface area contributed by atoms with Gasteiger partial charge in [0.25, 0.3) is 0 Å². The third kappa shape index (κ3) is 3.73. The Morgan fingerprint density at radius 1 is 1.18 bits per heavy atom. The zero-order valence-corrected chi connectivity index (χ0v) is 7.80. The van der Waals surface area contributed by atoms with Gasteiger partial charge in [0.2, 0.25) is 0 Å². The summed E-state index contributed by atoms with van der Waals surface area (Å²) in [6.07, 6.45) is 1.64. The Kier molecular flexibility index (Phi) is 4.69. The number of hydrogen-bond acceptors (Lipinski definition) is 2. The number of rotatable bonds is 5. The minimum atomic E-state index is 0.150. The maximum absolute atomic E-state index is 8.76. The van der Waals surface area contributed by atoms with E-state index in [1.54, 1.807) is 0 Å². The van der Waals surface area contributed by atoms with E-state index in [1.165, 1.54) is 0 Å². The Balaban J connectivity index is 3.83. The van der Waals surface area contributed by atoms with Crippen LogP contribution in [0.3, 0.4) is 0 Å². The lowest BCUT2D eigenvalue weighted by Gasteiger charge is -2.30. The summed E-state index contributed by atoms with van der Waals surface area (Å²) in [5, 5.41) is 17.5. The highest BCUT2D eigenvalue weighted by Crippen LogP contribution is 2.31. The highest BCUT2D eigenvalue weighted by molar-refractivity contribution is 4.74. The van der Waals surface area contributed by atoms with Crippen LogP contribution >= 0.6 is 0 Å². The van der Waals surface area contributed by atoms with Gasteiger partial charge < -0.3 is 10.2 Å². The summed E-state index contributed by atoms with van der Waals surface area (Å²) >= 11 is 0. The summed E-state index contributed by atoms with van der Waals surface area (Å²) < 4.78 is 0. The predicted octanol–water partition coefficient (Wildman–Crippen LogP) is 1.41. The van der Waals surface area contributed by atoms with Crippen molar-refractivity contribution < 1.29 is 10.2 Å². The molecule has 11 heavy (non-hydrogen) atoms. The molecule has 0 fully saturated rings. The molecule has 1 unspecified atom stereocenters. The molecule has 2 heteroatoms. The van der Waals surface area contributed by atoms with Crippen LogP contribution in [0.5, 0.6) is 0 Å². The van der Waals surface area contributed by atoms with Gasteiger partial charge in [0, 0.05) is 13.2 Å². The molecule has 0 aliphatic rings. The van der Waals surface area contributed by atoms with Gasteiger partial charge in [-0.3, -0.25) is 0 Å². The number of aliphatic hydroxyl groups is 2. The zero-order chi connectivity index (χ0) is 8.91. The summed E-state index contributed by atoms with van der Waals surface area (Å²) in [4.78, 5) is 0. The summed E-state index contributed by atoms with van der Waals surface area (Å²) in [6.45, 7) is 6.86. The Morgan fingerprint density at radius 3 is 2.09 bits per heavy atom. The SMILES string of the molecule is CC(CCO)C(C)(C)CCO. The van der Waals surface area contributed by atoms with Crippen LogP contribution in [0, 0.1) is 11.3 Å². The van der Waals surface area contributed by atoms with Gasteiger partial charge in [-0.25, -0.2) is 0 Å². The van der Waals surface area contributed by atoms with Gasteiger partial charge in [0.05, 0.1) is 0 Å². The monoisotopic (exact) mass is 160 g/mol. The van der Waals surface area contributed by atoms with Gasteiger partial charge in [-0.2, -0.15) is 0 Å². The largest absolute Gasteiger partial charge is 0.396 e. The molecule has 0 saturated carbocycles. The van der Waals surface area contributed by atoms with Gasteiger partial charge in [0.15, 0.2) is 0 Å². The third-order valence-corrected chi connectivity index (χ3v) is 2.65. The molecule has 0 saturated heterocycles. The third-order valence-electron chi connectivity index (χ3n) is 2.65. The first kappa shape index (κ1) is 10.9. The summed E-state index contributed by atoms with van der Waals surface area (Å²) in [7, 11) is 0. The van der Waals surface area contributed by atoms with Crippen molar-refractivity contribution in [3.63, 3.8) is 0 Å². The Morgan fingerprint density at radius 2 is 1.73 bits per heavy atom. The van der Waals surface area contributed by atoms with Crippen LogP contribution in [0.2, 0.25) is 0 Å². The first-order valence-electron chi connectivity index (χ1n) is 4.26. The lowest BCUT2D eigenvalue weighted by Crippen LogP contribution is -2.23. The molecule has 0 aromatic rings.